The van der Waals surface area contributed by atoms with Gasteiger partial charge in [-0.25, -0.2) is 4.39 Å². The summed E-state index contributed by atoms with van der Waals surface area (Å²) in [5.74, 6) is -2.83. The van der Waals surface area contributed by atoms with Crippen molar-refractivity contribution in [2.75, 3.05) is 0 Å². The summed E-state index contributed by atoms with van der Waals surface area (Å²) >= 11 is 0. The van der Waals surface area contributed by atoms with E-state index in [4.69, 9.17) is 5.11 Å². The first kappa shape index (κ1) is 13.4. The van der Waals surface area contributed by atoms with Crippen LogP contribution in [0.15, 0.2) is 24.3 Å². The summed E-state index contributed by atoms with van der Waals surface area (Å²) in [5, 5.41) is 17.8. The van der Waals surface area contributed by atoms with Crippen LogP contribution in [0.25, 0.3) is 0 Å². The summed E-state index contributed by atoms with van der Waals surface area (Å²) in [5.41, 5.74) is -4.44. The van der Waals surface area contributed by atoms with Gasteiger partial charge in [0.25, 0.3) is 0 Å². The molecule has 0 bridgehead atoms. The van der Waals surface area contributed by atoms with E-state index in [9.17, 15) is 27.5 Å². The van der Waals surface area contributed by atoms with Gasteiger partial charge in [0.15, 0.2) is 5.60 Å². The largest absolute Gasteiger partial charge is 0.481 e. The number of aliphatic carboxylic acids is 1. The van der Waals surface area contributed by atoms with E-state index in [1.165, 1.54) is 0 Å². The normalized spacial score (nSPS) is 15.4. The Morgan fingerprint density at radius 2 is 1.88 bits per heavy atom. The molecule has 1 aromatic carbocycles. The zero-order valence-corrected chi connectivity index (χ0v) is 8.33. The van der Waals surface area contributed by atoms with Crippen molar-refractivity contribution in [3.8, 4) is 0 Å². The van der Waals surface area contributed by atoms with Crippen molar-refractivity contribution < 1.29 is 32.6 Å². The molecule has 0 aliphatic carbocycles. The minimum absolute atomic E-state index is 0.455. The molecular weight excluding hydrogens is 244 g/mol. The van der Waals surface area contributed by atoms with E-state index in [0.717, 1.165) is 18.2 Å². The molecule has 7 heteroatoms. The third-order valence-electron chi connectivity index (χ3n) is 2.18. The summed E-state index contributed by atoms with van der Waals surface area (Å²) in [6.07, 6.45) is -6.79. The topological polar surface area (TPSA) is 57.5 Å². The first-order valence-corrected chi connectivity index (χ1v) is 4.44. The van der Waals surface area contributed by atoms with Gasteiger partial charge in [-0.15, -0.1) is 0 Å². The maximum Gasteiger partial charge on any atom is 0.422 e. The standard InChI is InChI=1S/C10H8F4O3/c11-7-3-1-2-6(4-7)9(17,5-8(15)16)10(12,13)14/h1-4,17H,5H2,(H,15,16). The quantitative estimate of drug-likeness (QED) is 0.809. The number of rotatable bonds is 3. The van der Waals surface area contributed by atoms with Gasteiger partial charge in [-0.2, -0.15) is 13.2 Å². The molecule has 1 aromatic rings. The van der Waals surface area contributed by atoms with E-state index >= 15 is 0 Å². The second-order valence-corrected chi connectivity index (χ2v) is 3.44. The van der Waals surface area contributed by atoms with Crippen LogP contribution in [0, 0.1) is 5.82 Å². The average Bonchev–Trinajstić information content (AvgIpc) is 2.14. The minimum Gasteiger partial charge on any atom is -0.481 e. The summed E-state index contributed by atoms with van der Waals surface area (Å²) in [4.78, 5) is 10.4. The van der Waals surface area contributed by atoms with E-state index in [1.807, 2.05) is 0 Å². The number of aliphatic hydroxyl groups is 1. The lowest BCUT2D eigenvalue weighted by molar-refractivity contribution is -0.269. The number of carbonyl (C=O) groups is 1. The molecule has 1 atom stereocenters. The number of hydrogen-bond acceptors (Lipinski definition) is 2. The summed E-state index contributed by atoms with van der Waals surface area (Å²) in [6.45, 7) is 0. The number of carboxylic acid groups (broad SMARTS) is 1. The van der Waals surface area contributed by atoms with Gasteiger partial charge in [0.05, 0.1) is 6.42 Å². The lowest BCUT2D eigenvalue weighted by atomic mass is 9.89. The van der Waals surface area contributed by atoms with Crippen molar-refractivity contribution in [3.63, 3.8) is 0 Å². The molecule has 3 nitrogen and oxygen atoms in total. The highest BCUT2D eigenvalue weighted by atomic mass is 19.4. The molecule has 2 N–H and O–H groups in total. The van der Waals surface area contributed by atoms with Crippen LogP contribution in [-0.4, -0.2) is 22.4 Å². The van der Waals surface area contributed by atoms with E-state index in [-0.39, 0.29) is 0 Å². The Balaban J connectivity index is 3.29. The first-order valence-electron chi connectivity index (χ1n) is 4.44. The third kappa shape index (κ3) is 2.73. The number of carboxylic acids is 1. The van der Waals surface area contributed by atoms with Crippen LogP contribution in [0.4, 0.5) is 17.6 Å². The number of hydrogen-bond donors (Lipinski definition) is 2. The Kier molecular flexibility index (Phi) is 3.42. The fraction of sp³-hybridized carbons (Fsp3) is 0.300. The average molecular weight is 252 g/mol. The predicted molar refractivity (Wildman–Crippen MR) is 48.6 cm³/mol. The molecular formula is C10H8F4O3. The van der Waals surface area contributed by atoms with Crippen LogP contribution in [0.3, 0.4) is 0 Å². The Morgan fingerprint density at radius 3 is 2.29 bits per heavy atom. The van der Waals surface area contributed by atoms with Gasteiger partial charge in [-0.1, -0.05) is 12.1 Å². The van der Waals surface area contributed by atoms with Gasteiger partial charge in [-0.3, -0.25) is 4.79 Å². The molecule has 1 rings (SSSR count). The van der Waals surface area contributed by atoms with Gasteiger partial charge >= 0.3 is 12.1 Å². The molecule has 0 saturated heterocycles. The highest BCUT2D eigenvalue weighted by Gasteiger charge is 2.56. The van der Waals surface area contributed by atoms with E-state index in [1.54, 1.807) is 0 Å². The number of benzene rings is 1. The zero-order valence-electron chi connectivity index (χ0n) is 8.33. The molecule has 0 saturated carbocycles. The lowest BCUT2D eigenvalue weighted by Gasteiger charge is -2.29. The summed E-state index contributed by atoms with van der Waals surface area (Å²) in [6, 6.07) is 3.13. The smallest absolute Gasteiger partial charge is 0.422 e. The molecule has 0 aliphatic heterocycles. The highest BCUT2D eigenvalue weighted by Crippen LogP contribution is 2.41. The monoisotopic (exact) mass is 252 g/mol. The predicted octanol–water partition coefficient (Wildman–Crippen LogP) is 2.05. The Labute approximate surface area is 93.3 Å². The Bertz CT molecular complexity index is 430. The van der Waals surface area contributed by atoms with Crippen LogP contribution in [0.2, 0.25) is 0 Å². The second-order valence-electron chi connectivity index (χ2n) is 3.44. The molecule has 0 fully saturated rings. The zero-order chi connectivity index (χ0) is 13.3. The van der Waals surface area contributed by atoms with Gasteiger partial charge in [0.1, 0.15) is 5.82 Å². The van der Waals surface area contributed by atoms with Crippen molar-refractivity contribution in [1.29, 1.82) is 0 Å². The maximum atomic E-state index is 12.8. The van der Waals surface area contributed by atoms with Crippen molar-refractivity contribution >= 4 is 5.97 Å². The summed E-state index contributed by atoms with van der Waals surface area (Å²) in [7, 11) is 0. The maximum absolute atomic E-state index is 12.8. The highest BCUT2D eigenvalue weighted by molar-refractivity contribution is 5.68. The Morgan fingerprint density at radius 1 is 1.29 bits per heavy atom. The molecule has 0 aliphatic rings. The van der Waals surface area contributed by atoms with E-state index in [0.29, 0.717) is 6.07 Å². The number of alkyl halides is 3. The lowest BCUT2D eigenvalue weighted by Crippen LogP contribution is -2.44. The Hall–Kier alpha value is -1.63. The van der Waals surface area contributed by atoms with Gasteiger partial charge in [0, 0.05) is 0 Å². The molecule has 0 amide bonds. The van der Waals surface area contributed by atoms with Crippen LogP contribution in [0.1, 0.15) is 12.0 Å². The van der Waals surface area contributed by atoms with Gasteiger partial charge < -0.3 is 10.2 Å². The first-order chi connectivity index (χ1) is 7.67. The van der Waals surface area contributed by atoms with E-state index < -0.39 is 35.5 Å². The van der Waals surface area contributed by atoms with Crippen LogP contribution >= 0.6 is 0 Å². The second kappa shape index (κ2) is 4.33. The number of halogens is 4. The van der Waals surface area contributed by atoms with Crippen LogP contribution < -0.4 is 0 Å². The van der Waals surface area contributed by atoms with Crippen molar-refractivity contribution in [1.82, 2.24) is 0 Å². The van der Waals surface area contributed by atoms with Gasteiger partial charge in [-0.05, 0) is 17.7 Å². The van der Waals surface area contributed by atoms with Crippen molar-refractivity contribution in [3.05, 3.63) is 35.6 Å². The van der Waals surface area contributed by atoms with Crippen LogP contribution in [0.5, 0.6) is 0 Å². The fourth-order valence-corrected chi connectivity index (χ4v) is 1.33. The molecule has 0 radical (unpaired) electrons. The third-order valence-corrected chi connectivity index (χ3v) is 2.18. The van der Waals surface area contributed by atoms with Crippen molar-refractivity contribution in [2.45, 2.75) is 18.2 Å². The molecule has 0 heterocycles. The SMILES string of the molecule is O=C(O)CC(O)(c1cccc(F)c1)C(F)(F)F. The molecule has 0 spiro atoms. The van der Waals surface area contributed by atoms with E-state index in [2.05, 4.69) is 0 Å². The molecule has 0 aromatic heterocycles. The van der Waals surface area contributed by atoms with Crippen molar-refractivity contribution in [2.24, 2.45) is 0 Å². The molecule has 1 unspecified atom stereocenters. The molecule has 94 valence electrons. The summed E-state index contributed by atoms with van der Waals surface area (Å²) < 4.78 is 50.7. The molecule has 17 heavy (non-hydrogen) atoms. The van der Waals surface area contributed by atoms with Gasteiger partial charge in [0.2, 0.25) is 0 Å². The fourth-order valence-electron chi connectivity index (χ4n) is 1.33. The minimum atomic E-state index is -5.21. The van der Waals surface area contributed by atoms with Crippen LogP contribution in [-0.2, 0) is 10.4 Å².